The van der Waals surface area contributed by atoms with Crippen LogP contribution in [0.25, 0.3) is 0 Å². The molecule has 4 bridgehead atoms. The molecule has 10 rings (SSSR count). The largest absolute Gasteiger partial charge is 2.00 e. The van der Waals surface area contributed by atoms with Crippen molar-refractivity contribution in [3.8, 4) is 0 Å². The fraction of sp³-hybridized carbons (Fsp3) is 0.797. The molecule has 3 amide bonds. The van der Waals surface area contributed by atoms with E-state index < -0.39 is 104 Å². The first kappa shape index (κ1) is 87.3. The van der Waals surface area contributed by atoms with Crippen LogP contribution in [0.4, 0.5) is 0 Å². The third kappa shape index (κ3) is 19.3. The maximum Gasteiger partial charge on any atom is 2.00 e. The van der Waals surface area contributed by atoms with E-state index in [0.717, 1.165) is 80.4 Å². The molecule has 4 aliphatic carbocycles. The maximum atomic E-state index is 13.6. The van der Waals surface area contributed by atoms with Crippen LogP contribution in [0.1, 0.15) is 290 Å². The van der Waals surface area contributed by atoms with Crippen molar-refractivity contribution in [3.63, 3.8) is 0 Å². The van der Waals surface area contributed by atoms with Crippen molar-refractivity contribution in [2.45, 2.75) is 325 Å². The molecular formula is C79H121MgN3O19. The molecule has 10 aliphatic rings. The van der Waals surface area contributed by atoms with E-state index in [0.29, 0.717) is 13.0 Å². The first-order chi connectivity index (χ1) is 47.3. The minimum atomic E-state index is -1.88. The molecule has 0 spiro atoms. The van der Waals surface area contributed by atoms with Gasteiger partial charge in [-0.1, -0.05) is 213 Å². The molecule has 102 heavy (non-hydrogen) atoms. The van der Waals surface area contributed by atoms with Gasteiger partial charge in [0.25, 0.3) is 17.7 Å². The van der Waals surface area contributed by atoms with Gasteiger partial charge in [-0.2, -0.15) is 9.59 Å². The monoisotopic (exact) mass is 1440 g/mol. The Bertz CT molecular complexity index is 3120. The standard InChI is InChI=1S/C31H45NO7.C24H39NO6.C23H39NO4.CO2.Mg/c1-7-22(34)31-17-39-27(28(2,3)4)32(31)26(37)24(25(31)36)21(33)14-29(5,6)15-23(35)38-16-30-11-18-8-19(12-30)10-20(9-18)13-30;1-6-7-8-9-10-11-12-13-14-15-17(26)18-19(27)24(22(29)30-5)16-31-21(23(2,3)4)25(24)20(18)28;1-6-7-8-9-10-11-12-13-14-15-17(25)18-19(26)23(5)16-28-21(22(2,3)4)24(23)20(18)27;2-1-3;/h18-20,27,36H,7-17H2,1-6H3;21,26H,6-16H2,1-5H3;21,25H,6-16H2,1-5H3;;/q;;;;+2/p-2/b;2*18-17-;;/t18?,19?,20?,27-,30?,31+;21-,24-;21-,23-;;/m100../s1. The third-order valence-electron chi connectivity index (χ3n) is 22.1. The predicted octanol–water partition coefficient (Wildman–Crippen LogP) is 11.3. The number of carbonyl (C=O) groups excluding carboxylic acids is 11. The topological polar surface area (TPSA) is 310 Å². The zero-order valence-corrected chi connectivity index (χ0v) is 66.1. The van der Waals surface area contributed by atoms with Crippen LogP contribution in [0, 0.1) is 44.8 Å². The van der Waals surface area contributed by atoms with E-state index >= 15 is 0 Å². The van der Waals surface area contributed by atoms with Gasteiger partial charge in [0.1, 0.15) is 35.6 Å². The van der Waals surface area contributed by atoms with Gasteiger partial charge in [0.2, 0.25) is 11.3 Å². The van der Waals surface area contributed by atoms with E-state index in [1.165, 1.54) is 107 Å². The van der Waals surface area contributed by atoms with Crippen molar-refractivity contribution in [1.29, 1.82) is 0 Å². The molecular weight excluding hydrogens is 1320 g/mol. The number of ether oxygens (including phenoxy) is 5. The number of hydrogen-bond donors (Lipinski definition) is 1. The molecule has 0 radical (unpaired) electrons. The van der Waals surface area contributed by atoms with Gasteiger partial charge in [-0.3, -0.25) is 53.1 Å². The van der Waals surface area contributed by atoms with Crippen molar-refractivity contribution >= 4 is 82.0 Å². The fourth-order valence-electron chi connectivity index (χ4n) is 17.4. The first-order valence-corrected chi connectivity index (χ1v) is 37.8. The second-order valence-corrected chi connectivity index (χ2v) is 34.6. The summed E-state index contributed by atoms with van der Waals surface area (Å²) in [5, 5.41) is 36.7. The molecule has 5 saturated heterocycles. The number of Topliss-reactive ketones (excluding diaryl/α,β-unsaturated/α-hetero) is 4. The summed E-state index contributed by atoms with van der Waals surface area (Å²) in [5.74, 6) is -4.07. The quantitative estimate of drug-likeness (QED) is 0.0133. The molecule has 0 aromatic carbocycles. The van der Waals surface area contributed by atoms with Gasteiger partial charge in [-0.15, -0.1) is 11.5 Å². The Kier molecular flexibility index (Phi) is 31.1. The summed E-state index contributed by atoms with van der Waals surface area (Å²) in [6, 6.07) is 0. The zero-order valence-electron chi connectivity index (χ0n) is 64.6. The van der Waals surface area contributed by atoms with Crippen LogP contribution in [0.15, 0.2) is 34.0 Å². The average molecular weight is 1440 g/mol. The molecule has 23 heteroatoms. The number of allylic oxidation sites excluding steroid dienone is 2. The summed E-state index contributed by atoms with van der Waals surface area (Å²) in [6.07, 6.45) is 26.4. The van der Waals surface area contributed by atoms with Gasteiger partial charge in [0.15, 0.2) is 22.9 Å². The minimum Gasteiger partial charge on any atom is -0.875 e. The molecule has 6 heterocycles. The Morgan fingerprint density at radius 3 is 1.33 bits per heavy atom. The third-order valence-corrected chi connectivity index (χ3v) is 22.1. The van der Waals surface area contributed by atoms with Crippen LogP contribution in [-0.4, -0.2) is 171 Å². The van der Waals surface area contributed by atoms with E-state index in [9.17, 15) is 58.5 Å². The summed E-state index contributed by atoms with van der Waals surface area (Å²) in [4.78, 5) is 138. The number of carbonyl (C=O) groups is 9. The first-order valence-electron chi connectivity index (χ1n) is 37.8. The van der Waals surface area contributed by atoms with E-state index in [2.05, 4.69) is 13.8 Å². The number of aliphatic hydroxyl groups is 1. The molecule has 6 aliphatic heterocycles. The van der Waals surface area contributed by atoms with Gasteiger partial charge in [-0.25, -0.2) is 4.79 Å². The molecule has 22 nitrogen and oxygen atoms in total. The number of amides is 3. The molecule has 1 N–H and O–H groups in total. The number of esters is 2. The summed E-state index contributed by atoms with van der Waals surface area (Å²) < 4.78 is 28.0. The van der Waals surface area contributed by atoms with Crippen molar-refractivity contribution < 1.29 is 91.7 Å². The smallest absolute Gasteiger partial charge is 0.875 e. The van der Waals surface area contributed by atoms with Crippen LogP contribution in [0.3, 0.4) is 0 Å². The molecule has 568 valence electrons. The fourth-order valence-corrected chi connectivity index (χ4v) is 17.4. The van der Waals surface area contributed by atoms with Crippen molar-refractivity contribution in [1.82, 2.24) is 14.7 Å². The van der Waals surface area contributed by atoms with Crippen LogP contribution in [0.5, 0.6) is 0 Å². The SMILES string of the molecule is CCC(=O)[C@]12CO[C@H](C(C)(C)C)N1C(=O)C(C(=O)CC(C)(C)CC(=O)OCC13CC4CC(CC(C4)C1)C3)=C2O.CCCCCCCCCCC/C([O-])=C1/C(=O)N2[C@H](C(C)(C)C)OC[C@@]2(C(=O)OC)C1=O.CCCCCCCCCCC/C([O-])=C1/C(=O)N2[C@H](C(C)(C)C)OC[C@@]2(C)C1=O.O=C=O.[Mg+2]. The van der Waals surface area contributed by atoms with Gasteiger partial charge >= 0.3 is 41.1 Å². The van der Waals surface area contributed by atoms with Crippen molar-refractivity contribution in [2.24, 2.45) is 44.8 Å². The Morgan fingerprint density at radius 2 is 0.922 bits per heavy atom. The molecule has 0 unspecified atom stereocenters. The van der Waals surface area contributed by atoms with Gasteiger partial charge in [-0.05, 0) is 81.5 Å². The van der Waals surface area contributed by atoms with Crippen molar-refractivity contribution in [3.05, 3.63) is 34.0 Å². The maximum absolute atomic E-state index is 13.6. The molecule has 0 aromatic rings. The Labute approximate surface area is 622 Å². The molecule has 6 atom stereocenters. The van der Waals surface area contributed by atoms with Crippen LogP contribution in [0.2, 0.25) is 0 Å². The van der Waals surface area contributed by atoms with Crippen LogP contribution in [-0.2, 0) is 76.4 Å². The van der Waals surface area contributed by atoms with E-state index in [1.807, 2.05) is 62.3 Å². The number of hydrogen-bond acceptors (Lipinski definition) is 19. The molecule has 9 fully saturated rings. The predicted molar refractivity (Wildman–Crippen MR) is 377 cm³/mol. The Hall–Kier alpha value is -5.32. The van der Waals surface area contributed by atoms with Crippen LogP contribution < -0.4 is 10.2 Å². The summed E-state index contributed by atoms with van der Waals surface area (Å²) in [7, 11) is 1.17. The normalized spacial score (nSPS) is 28.7. The summed E-state index contributed by atoms with van der Waals surface area (Å²) in [6.45, 7) is 28.7. The second kappa shape index (κ2) is 36.3. The summed E-state index contributed by atoms with van der Waals surface area (Å²) >= 11 is 0. The number of nitrogens with zero attached hydrogens (tertiary/aromatic N) is 3. The van der Waals surface area contributed by atoms with Crippen LogP contribution >= 0.6 is 0 Å². The van der Waals surface area contributed by atoms with Gasteiger partial charge in [0.05, 0.1) is 51.1 Å². The minimum absolute atomic E-state index is 0. The average Bonchev–Trinajstić information content (AvgIpc) is 1.55. The number of unbranched alkanes of at least 4 members (excludes halogenated alkanes) is 16. The number of aliphatic hydroxyl groups excluding tert-OH is 1. The summed E-state index contributed by atoms with van der Waals surface area (Å²) in [5.41, 5.74) is -7.53. The van der Waals surface area contributed by atoms with E-state index in [1.54, 1.807) is 27.7 Å². The number of ketones is 4. The second-order valence-electron chi connectivity index (χ2n) is 34.6. The molecule has 0 aromatic heterocycles. The number of methoxy groups -OCH3 is 1. The number of fused-ring (bicyclic) bond motifs is 3. The van der Waals surface area contributed by atoms with E-state index in [-0.39, 0.29) is 126 Å². The van der Waals surface area contributed by atoms with Gasteiger partial charge in [0, 0.05) is 34.5 Å². The molecule has 4 saturated carbocycles. The Morgan fingerprint density at radius 1 is 0.549 bits per heavy atom. The van der Waals surface area contributed by atoms with E-state index in [4.69, 9.17) is 33.3 Å². The Balaban J connectivity index is 0.000000273. The van der Waals surface area contributed by atoms with Gasteiger partial charge < -0.3 is 39.0 Å². The zero-order chi connectivity index (χ0) is 75.4. The number of rotatable bonds is 30. The van der Waals surface area contributed by atoms with Crippen molar-refractivity contribution in [2.75, 3.05) is 33.5 Å².